The molecule has 1 heterocycles. The molecule has 6 N–H and O–H groups in total. The van der Waals surface area contributed by atoms with E-state index in [-0.39, 0.29) is 11.9 Å². The zero-order valence-corrected chi connectivity index (χ0v) is 23.6. The van der Waals surface area contributed by atoms with Gasteiger partial charge < -0.3 is 26.6 Å². The van der Waals surface area contributed by atoms with Crippen LogP contribution in [0.1, 0.15) is 34.7 Å². The van der Waals surface area contributed by atoms with E-state index in [2.05, 4.69) is 5.16 Å². The fourth-order valence-electron chi connectivity index (χ4n) is 5.73. The van der Waals surface area contributed by atoms with Gasteiger partial charge >= 0.3 is 6.03 Å². The van der Waals surface area contributed by atoms with Gasteiger partial charge in [-0.25, -0.2) is 4.79 Å². The Hall–Kier alpha value is -4.99. The quantitative estimate of drug-likeness (QED) is 0.0723. The Kier molecular flexibility index (Phi) is 9.14. The van der Waals surface area contributed by atoms with Crippen LogP contribution < -0.4 is 21.3 Å². The van der Waals surface area contributed by atoms with E-state index in [4.69, 9.17) is 11.5 Å². The number of aliphatic hydroxyl groups is 1. The first-order valence-electron chi connectivity index (χ1n) is 14.2. The number of aldehydes is 1. The number of hydrogen-bond donors (Lipinski definition) is 4. The van der Waals surface area contributed by atoms with Crippen LogP contribution in [0.5, 0.6) is 0 Å². The average Bonchev–Trinajstić information content (AvgIpc) is 3.05. The summed E-state index contributed by atoms with van der Waals surface area (Å²) < 4.78 is 0. The van der Waals surface area contributed by atoms with Crippen LogP contribution in [0.4, 0.5) is 16.2 Å². The highest BCUT2D eigenvalue weighted by molar-refractivity contribution is 6.07. The van der Waals surface area contributed by atoms with Crippen molar-refractivity contribution in [2.75, 3.05) is 9.80 Å². The highest BCUT2D eigenvalue weighted by atomic mass is 16.4. The van der Waals surface area contributed by atoms with E-state index in [0.29, 0.717) is 48.1 Å². The van der Waals surface area contributed by atoms with E-state index >= 15 is 0 Å². The number of anilines is 2. The van der Waals surface area contributed by atoms with Crippen LogP contribution in [0.15, 0.2) is 114 Å². The number of carbonyl (C=O) groups excluding carboxylic acids is 2. The summed E-state index contributed by atoms with van der Waals surface area (Å²) in [6.07, 6.45) is 1.20. The van der Waals surface area contributed by atoms with E-state index < -0.39 is 24.2 Å². The molecule has 220 valence electrons. The molecule has 4 atom stereocenters. The normalized spacial score (nSPS) is 19.7. The van der Waals surface area contributed by atoms with Gasteiger partial charge in [0.2, 0.25) is 0 Å². The first kappa shape index (κ1) is 29.5. The number of aryl methyl sites for hydroxylation is 1. The molecular weight excluding hydrogens is 542 g/mol. The van der Waals surface area contributed by atoms with Gasteiger partial charge in [0.05, 0.1) is 24.2 Å². The Balaban J connectivity index is 1.63. The molecule has 1 saturated heterocycles. The van der Waals surface area contributed by atoms with Crippen molar-refractivity contribution in [3.8, 4) is 0 Å². The van der Waals surface area contributed by atoms with Crippen LogP contribution in [-0.2, 0) is 17.6 Å². The Morgan fingerprint density at radius 2 is 1.44 bits per heavy atom. The fourth-order valence-corrected chi connectivity index (χ4v) is 5.73. The zero-order chi connectivity index (χ0) is 30.3. The third kappa shape index (κ3) is 6.43. The molecule has 5 rings (SSSR count). The first-order valence-corrected chi connectivity index (χ1v) is 14.2. The number of rotatable bonds is 10. The van der Waals surface area contributed by atoms with Crippen LogP contribution in [0.3, 0.4) is 0 Å². The van der Waals surface area contributed by atoms with Crippen LogP contribution in [0, 0.1) is 0 Å². The number of benzene rings is 4. The van der Waals surface area contributed by atoms with Gasteiger partial charge in [-0.15, -0.1) is 0 Å². The number of nitrogens with zero attached hydrogens (tertiary/aromatic N) is 3. The summed E-state index contributed by atoms with van der Waals surface area (Å²) in [6, 6.07) is 31.1. The molecule has 1 aliphatic rings. The van der Waals surface area contributed by atoms with Crippen LogP contribution in [0.25, 0.3) is 0 Å². The molecule has 0 radical (unpaired) electrons. The molecule has 0 aromatic heterocycles. The average molecular weight is 578 g/mol. The zero-order valence-electron chi connectivity index (χ0n) is 23.6. The van der Waals surface area contributed by atoms with Crippen molar-refractivity contribution in [1.82, 2.24) is 0 Å². The van der Waals surface area contributed by atoms with E-state index in [1.165, 1.54) is 0 Å². The SMILES string of the molecule is N/C(=N/O)c1cccc(N2C(=O)N(c3cccc(C(N)C=O)c3)[C@H](Cc3ccccc3)[C@H](O)[C@H]2CCc2ccccc2)c1. The molecule has 1 fully saturated rings. The third-order valence-corrected chi connectivity index (χ3v) is 7.93. The Morgan fingerprint density at radius 3 is 2.09 bits per heavy atom. The van der Waals surface area contributed by atoms with Gasteiger partial charge in [-0.1, -0.05) is 90.1 Å². The number of nitrogens with two attached hydrogens (primary N) is 2. The van der Waals surface area contributed by atoms with Gasteiger partial charge in [-0.2, -0.15) is 0 Å². The third-order valence-electron chi connectivity index (χ3n) is 7.93. The molecule has 0 saturated carbocycles. The van der Waals surface area contributed by atoms with Crippen molar-refractivity contribution >= 4 is 29.5 Å². The molecule has 43 heavy (non-hydrogen) atoms. The van der Waals surface area contributed by atoms with Gasteiger partial charge in [-0.05, 0) is 60.2 Å². The minimum Gasteiger partial charge on any atom is -0.409 e. The lowest BCUT2D eigenvalue weighted by Gasteiger charge is -2.49. The van der Waals surface area contributed by atoms with Crippen molar-refractivity contribution in [2.24, 2.45) is 16.6 Å². The number of hydrogen-bond acceptors (Lipinski definition) is 6. The standard InChI is InChI=1S/C34H35N5O4/c35-29(22-40)25-13-7-15-27(20-25)39-31(19-24-11-5-2-6-12-24)32(41)30(18-17-23-9-3-1-4-10-23)38(34(39)42)28-16-8-14-26(21-28)33(36)37-43/h1-16,20-22,29-32,41,43H,17-19,35H2,(H2,36,37)/t29?,30-,31-,32-/m1/s1. The lowest BCUT2D eigenvalue weighted by Crippen LogP contribution is -2.67. The largest absolute Gasteiger partial charge is 0.409 e. The molecule has 4 aromatic rings. The molecule has 1 unspecified atom stereocenters. The molecule has 9 heteroatoms. The number of carbonyl (C=O) groups is 2. The molecule has 9 nitrogen and oxygen atoms in total. The molecule has 2 amide bonds. The topological polar surface area (TPSA) is 145 Å². The molecule has 0 spiro atoms. The highest BCUT2D eigenvalue weighted by Crippen LogP contribution is 2.36. The first-order chi connectivity index (χ1) is 20.9. The molecular formula is C34H35N5O4. The number of amidine groups is 1. The summed E-state index contributed by atoms with van der Waals surface area (Å²) >= 11 is 0. The molecule has 0 aliphatic carbocycles. The van der Waals surface area contributed by atoms with Crippen LogP contribution in [-0.4, -0.2) is 46.7 Å². The Morgan fingerprint density at radius 1 is 0.837 bits per heavy atom. The van der Waals surface area contributed by atoms with E-state index in [9.17, 15) is 19.9 Å². The summed E-state index contributed by atoms with van der Waals surface area (Å²) in [5.41, 5.74) is 16.0. The summed E-state index contributed by atoms with van der Waals surface area (Å²) in [5, 5.41) is 24.6. The van der Waals surface area contributed by atoms with Crippen molar-refractivity contribution in [3.63, 3.8) is 0 Å². The lowest BCUT2D eigenvalue weighted by atomic mass is 9.87. The molecule has 4 aromatic carbocycles. The Labute approximate surface area is 250 Å². The van der Waals surface area contributed by atoms with Crippen molar-refractivity contribution < 1.29 is 19.9 Å². The van der Waals surface area contributed by atoms with Crippen molar-refractivity contribution in [3.05, 3.63) is 131 Å². The second-order valence-electron chi connectivity index (χ2n) is 10.7. The maximum absolute atomic E-state index is 14.7. The number of urea groups is 1. The summed E-state index contributed by atoms with van der Waals surface area (Å²) in [4.78, 5) is 29.4. The number of amides is 2. The second kappa shape index (κ2) is 13.3. The predicted molar refractivity (Wildman–Crippen MR) is 167 cm³/mol. The van der Waals surface area contributed by atoms with Crippen molar-refractivity contribution in [2.45, 2.75) is 43.5 Å². The van der Waals surface area contributed by atoms with E-state index in [1.54, 1.807) is 58.3 Å². The minimum atomic E-state index is -0.975. The molecule has 0 bridgehead atoms. The summed E-state index contributed by atoms with van der Waals surface area (Å²) in [7, 11) is 0. The predicted octanol–water partition coefficient (Wildman–Crippen LogP) is 4.40. The maximum atomic E-state index is 14.7. The highest BCUT2D eigenvalue weighted by Gasteiger charge is 2.47. The van der Waals surface area contributed by atoms with E-state index in [0.717, 1.165) is 11.1 Å². The minimum absolute atomic E-state index is 0.0953. The van der Waals surface area contributed by atoms with Gasteiger partial charge in [0.15, 0.2) is 5.84 Å². The second-order valence-corrected chi connectivity index (χ2v) is 10.7. The van der Waals surface area contributed by atoms with Crippen LogP contribution in [0.2, 0.25) is 0 Å². The maximum Gasteiger partial charge on any atom is 0.329 e. The number of oxime groups is 1. The van der Waals surface area contributed by atoms with Gasteiger partial charge in [0.25, 0.3) is 0 Å². The van der Waals surface area contributed by atoms with Gasteiger partial charge in [0.1, 0.15) is 6.29 Å². The smallest absolute Gasteiger partial charge is 0.329 e. The monoisotopic (exact) mass is 577 g/mol. The fraction of sp³-hybridized carbons (Fsp3) is 0.206. The summed E-state index contributed by atoms with van der Waals surface area (Å²) in [6.45, 7) is 0. The van der Waals surface area contributed by atoms with E-state index in [1.807, 2.05) is 60.7 Å². The molecule has 1 aliphatic heterocycles. The van der Waals surface area contributed by atoms with Crippen molar-refractivity contribution in [1.29, 1.82) is 0 Å². The summed E-state index contributed by atoms with van der Waals surface area (Å²) in [5.74, 6) is -0.0953. The number of aliphatic hydroxyl groups excluding tert-OH is 1. The van der Waals surface area contributed by atoms with Gasteiger partial charge in [0, 0.05) is 16.9 Å². The van der Waals surface area contributed by atoms with Gasteiger partial charge in [-0.3, -0.25) is 9.80 Å². The Bertz CT molecular complexity index is 1580. The lowest BCUT2D eigenvalue weighted by molar-refractivity contribution is -0.109. The van der Waals surface area contributed by atoms with Crippen LogP contribution >= 0.6 is 0 Å².